The number of rotatable bonds is 4. The number of carbonyl (C=O) groups excluding carboxylic acids is 1. The summed E-state index contributed by atoms with van der Waals surface area (Å²) in [7, 11) is 0. The molecule has 0 aliphatic carbocycles. The molecule has 4 rings (SSSR count). The van der Waals surface area contributed by atoms with Crippen LogP contribution in [0.4, 0.5) is 5.13 Å². The van der Waals surface area contributed by atoms with Crippen LogP contribution < -0.4 is 4.90 Å². The lowest BCUT2D eigenvalue weighted by atomic mass is 9.83. The number of likely N-dealkylation sites (tertiary alicyclic amines) is 1. The minimum atomic E-state index is 0.313. The summed E-state index contributed by atoms with van der Waals surface area (Å²) in [5.41, 5.74) is 1.10. The molecule has 0 spiro atoms. The monoisotopic (exact) mass is 331 g/mol. The van der Waals surface area contributed by atoms with Crippen LogP contribution in [0.3, 0.4) is 0 Å². The molecule has 23 heavy (non-hydrogen) atoms. The first kappa shape index (κ1) is 14.7. The van der Waals surface area contributed by atoms with Crippen molar-refractivity contribution in [1.29, 1.82) is 0 Å². The number of H-pyrrole nitrogens is 1. The van der Waals surface area contributed by atoms with E-state index in [1.807, 2.05) is 17.8 Å². The molecule has 2 atom stereocenters. The Balaban J connectivity index is 1.43. The van der Waals surface area contributed by atoms with E-state index in [9.17, 15) is 4.79 Å². The number of piperidine rings is 2. The van der Waals surface area contributed by atoms with Crippen molar-refractivity contribution in [2.24, 2.45) is 5.92 Å². The molecule has 0 unspecified atom stereocenters. The van der Waals surface area contributed by atoms with Crippen molar-refractivity contribution in [3.8, 4) is 0 Å². The molecule has 0 aromatic carbocycles. The number of aromatic amines is 1. The van der Waals surface area contributed by atoms with Crippen molar-refractivity contribution < 1.29 is 4.79 Å². The third kappa shape index (κ3) is 2.97. The van der Waals surface area contributed by atoms with Gasteiger partial charge in [0.05, 0.1) is 6.33 Å². The fourth-order valence-electron chi connectivity index (χ4n) is 3.85. The van der Waals surface area contributed by atoms with Crippen LogP contribution in [0.5, 0.6) is 0 Å². The molecule has 6 nitrogen and oxygen atoms in total. The van der Waals surface area contributed by atoms with Gasteiger partial charge in [-0.25, -0.2) is 9.97 Å². The third-order valence-corrected chi connectivity index (χ3v) is 5.84. The second-order valence-electron chi connectivity index (χ2n) is 6.33. The van der Waals surface area contributed by atoms with Crippen molar-refractivity contribution in [2.75, 3.05) is 24.5 Å². The minimum absolute atomic E-state index is 0.313. The van der Waals surface area contributed by atoms with Crippen LogP contribution >= 0.6 is 11.3 Å². The van der Waals surface area contributed by atoms with E-state index < -0.39 is 0 Å². The Morgan fingerprint density at radius 3 is 3.13 bits per heavy atom. The van der Waals surface area contributed by atoms with Gasteiger partial charge in [0, 0.05) is 62.0 Å². The molecule has 2 aromatic heterocycles. The summed E-state index contributed by atoms with van der Waals surface area (Å²) >= 11 is 1.70. The van der Waals surface area contributed by atoms with Gasteiger partial charge in [0.15, 0.2) is 5.13 Å². The molecular weight excluding hydrogens is 310 g/mol. The highest BCUT2D eigenvalue weighted by molar-refractivity contribution is 7.13. The van der Waals surface area contributed by atoms with Gasteiger partial charge < -0.3 is 14.8 Å². The maximum Gasteiger partial charge on any atom is 0.222 e. The van der Waals surface area contributed by atoms with E-state index in [2.05, 4.69) is 24.8 Å². The summed E-state index contributed by atoms with van der Waals surface area (Å²) in [5.74, 6) is 0.876. The molecule has 2 saturated heterocycles. The normalized spacial score (nSPS) is 24.8. The van der Waals surface area contributed by atoms with Gasteiger partial charge in [0.1, 0.15) is 0 Å². The fourth-order valence-corrected chi connectivity index (χ4v) is 4.53. The lowest BCUT2D eigenvalue weighted by Gasteiger charge is -2.47. The van der Waals surface area contributed by atoms with Crippen molar-refractivity contribution in [1.82, 2.24) is 19.9 Å². The number of hydrogen-bond acceptors (Lipinski definition) is 5. The molecule has 2 fully saturated rings. The number of fused-ring (bicyclic) bond motifs is 1. The molecule has 122 valence electrons. The summed E-state index contributed by atoms with van der Waals surface area (Å²) in [4.78, 5) is 28.5. The predicted molar refractivity (Wildman–Crippen MR) is 89.5 cm³/mol. The topological polar surface area (TPSA) is 65.1 Å². The number of aromatic nitrogens is 3. The molecule has 2 aliphatic heterocycles. The van der Waals surface area contributed by atoms with Crippen LogP contribution in [0.25, 0.3) is 0 Å². The van der Waals surface area contributed by atoms with Gasteiger partial charge in [-0.05, 0) is 18.8 Å². The summed E-state index contributed by atoms with van der Waals surface area (Å²) in [6.45, 7) is 2.80. The van der Waals surface area contributed by atoms with Crippen LogP contribution in [0.15, 0.2) is 24.1 Å². The average Bonchev–Trinajstić information content (AvgIpc) is 3.27. The number of imidazole rings is 1. The highest BCUT2D eigenvalue weighted by atomic mass is 32.1. The van der Waals surface area contributed by atoms with Crippen LogP contribution in [0.1, 0.15) is 25.0 Å². The standard InChI is InChI=1S/C16H21N5OS/c22-15-2-1-12-10-20(16-18-5-8-23-16)6-4-14(12)21(15)7-3-13-9-17-11-19-13/h5,8-9,11-12,14H,1-4,6-7,10H2,(H,17,19)/t12-,14+/m0/s1. The predicted octanol–water partition coefficient (Wildman–Crippen LogP) is 1.93. The largest absolute Gasteiger partial charge is 0.348 e. The Labute approximate surface area is 139 Å². The molecule has 2 aromatic rings. The fraction of sp³-hybridized carbons (Fsp3) is 0.562. The van der Waals surface area contributed by atoms with Crippen molar-refractivity contribution in [3.05, 3.63) is 29.8 Å². The Bertz CT molecular complexity index is 641. The first-order valence-corrected chi connectivity index (χ1v) is 9.10. The Kier molecular flexibility index (Phi) is 4.03. The molecule has 0 radical (unpaired) electrons. The number of nitrogens with one attached hydrogen (secondary N) is 1. The zero-order valence-electron chi connectivity index (χ0n) is 13.0. The van der Waals surface area contributed by atoms with Gasteiger partial charge in [-0.3, -0.25) is 4.79 Å². The third-order valence-electron chi connectivity index (χ3n) is 5.01. The van der Waals surface area contributed by atoms with Crippen LogP contribution in [-0.4, -0.2) is 51.4 Å². The highest BCUT2D eigenvalue weighted by Crippen LogP contribution is 2.33. The van der Waals surface area contributed by atoms with E-state index in [4.69, 9.17) is 0 Å². The lowest BCUT2D eigenvalue weighted by molar-refractivity contribution is -0.139. The quantitative estimate of drug-likeness (QED) is 0.930. The first-order valence-electron chi connectivity index (χ1n) is 8.22. The van der Waals surface area contributed by atoms with Crippen LogP contribution in [-0.2, 0) is 11.2 Å². The van der Waals surface area contributed by atoms with E-state index in [0.29, 0.717) is 24.3 Å². The van der Waals surface area contributed by atoms with E-state index in [0.717, 1.165) is 49.7 Å². The molecule has 7 heteroatoms. The zero-order chi connectivity index (χ0) is 15.6. The molecule has 4 heterocycles. The van der Waals surface area contributed by atoms with Gasteiger partial charge in [0.25, 0.3) is 0 Å². The summed E-state index contributed by atoms with van der Waals surface area (Å²) < 4.78 is 0. The van der Waals surface area contributed by atoms with E-state index in [1.54, 1.807) is 17.7 Å². The Morgan fingerprint density at radius 2 is 2.35 bits per heavy atom. The van der Waals surface area contributed by atoms with Crippen molar-refractivity contribution in [2.45, 2.75) is 31.7 Å². The second kappa shape index (κ2) is 6.31. The average molecular weight is 331 g/mol. The van der Waals surface area contributed by atoms with E-state index in [1.165, 1.54) is 0 Å². The Morgan fingerprint density at radius 1 is 1.39 bits per heavy atom. The highest BCUT2D eigenvalue weighted by Gasteiger charge is 2.39. The van der Waals surface area contributed by atoms with E-state index in [-0.39, 0.29) is 0 Å². The van der Waals surface area contributed by atoms with Gasteiger partial charge >= 0.3 is 0 Å². The molecule has 0 saturated carbocycles. The number of amides is 1. The van der Waals surface area contributed by atoms with E-state index >= 15 is 0 Å². The van der Waals surface area contributed by atoms with Crippen molar-refractivity contribution >= 4 is 22.4 Å². The van der Waals surface area contributed by atoms with Gasteiger partial charge in [-0.2, -0.15) is 0 Å². The maximum atomic E-state index is 12.4. The van der Waals surface area contributed by atoms with Gasteiger partial charge in [0.2, 0.25) is 5.91 Å². The number of thiazole rings is 1. The van der Waals surface area contributed by atoms with Crippen LogP contribution in [0, 0.1) is 5.92 Å². The van der Waals surface area contributed by atoms with Gasteiger partial charge in [-0.1, -0.05) is 0 Å². The number of anilines is 1. The molecule has 0 bridgehead atoms. The number of carbonyl (C=O) groups is 1. The van der Waals surface area contributed by atoms with Crippen molar-refractivity contribution in [3.63, 3.8) is 0 Å². The molecule has 1 amide bonds. The zero-order valence-corrected chi connectivity index (χ0v) is 13.8. The first-order chi connectivity index (χ1) is 11.3. The molecular formula is C16H21N5OS. The minimum Gasteiger partial charge on any atom is -0.348 e. The SMILES string of the molecule is O=C1CC[C@H]2CN(c3nccs3)CC[C@H]2N1CCc1cnc[nH]1. The summed E-state index contributed by atoms with van der Waals surface area (Å²) in [6.07, 6.45) is 8.98. The Hall–Kier alpha value is -1.89. The summed E-state index contributed by atoms with van der Waals surface area (Å²) in [5, 5.41) is 3.15. The second-order valence-corrected chi connectivity index (χ2v) is 7.20. The molecule has 1 N–H and O–H groups in total. The lowest BCUT2D eigenvalue weighted by Crippen LogP contribution is -2.56. The number of nitrogens with zero attached hydrogens (tertiary/aromatic N) is 4. The smallest absolute Gasteiger partial charge is 0.222 e. The molecule has 2 aliphatic rings. The van der Waals surface area contributed by atoms with Crippen LogP contribution in [0.2, 0.25) is 0 Å². The van der Waals surface area contributed by atoms with Gasteiger partial charge in [-0.15, -0.1) is 11.3 Å². The maximum absolute atomic E-state index is 12.4. The summed E-state index contributed by atoms with van der Waals surface area (Å²) in [6, 6.07) is 0.385. The number of hydrogen-bond donors (Lipinski definition) is 1.